The monoisotopic (exact) mass is 238 g/mol. The Morgan fingerprint density at radius 3 is 2.59 bits per heavy atom. The van der Waals surface area contributed by atoms with Crippen molar-refractivity contribution in [2.45, 2.75) is 27.3 Å². The van der Waals surface area contributed by atoms with Crippen LogP contribution in [0, 0.1) is 13.8 Å². The molecule has 0 bridgehead atoms. The number of hydrogen-bond donors (Lipinski definition) is 1. The lowest BCUT2D eigenvalue weighted by atomic mass is 10.1. The third-order valence-electron chi connectivity index (χ3n) is 2.94. The number of rotatable bonds is 5. The number of hydrogen-bond acceptors (Lipinski definition) is 3. The largest absolute Gasteiger partial charge is 0.340 e. The first-order chi connectivity index (χ1) is 8.02. The third-order valence-corrected chi connectivity index (χ3v) is 2.94. The van der Waals surface area contributed by atoms with Crippen molar-refractivity contribution in [3.63, 3.8) is 0 Å². The van der Waals surface area contributed by atoms with Crippen molar-refractivity contribution < 1.29 is 4.79 Å². The Morgan fingerprint density at radius 2 is 2.12 bits per heavy atom. The fraction of sp³-hybridized carbons (Fsp3) is 0.667. The molecule has 0 fully saturated rings. The summed E-state index contributed by atoms with van der Waals surface area (Å²) in [5.41, 5.74) is 2.50. The summed E-state index contributed by atoms with van der Waals surface area (Å²) in [6, 6.07) is 0. The zero-order valence-electron chi connectivity index (χ0n) is 11.4. The molecule has 1 heterocycles. The molecule has 0 saturated heterocycles. The molecule has 0 aromatic carbocycles. The number of amides is 1. The van der Waals surface area contributed by atoms with Crippen LogP contribution in [-0.2, 0) is 6.54 Å². The summed E-state index contributed by atoms with van der Waals surface area (Å²) in [4.78, 5) is 14.0. The smallest absolute Gasteiger partial charge is 0.257 e. The molecule has 17 heavy (non-hydrogen) atoms. The van der Waals surface area contributed by atoms with Crippen LogP contribution in [0.3, 0.4) is 0 Å². The number of aromatic nitrogens is 2. The molecule has 5 heteroatoms. The van der Waals surface area contributed by atoms with Crippen molar-refractivity contribution in [2.75, 3.05) is 27.2 Å². The van der Waals surface area contributed by atoms with E-state index in [9.17, 15) is 4.79 Å². The van der Waals surface area contributed by atoms with Crippen molar-refractivity contribution in [1.82, 2.24) is 20.0 Å². The molecule has 5 nitrogen and oxygen atoms in total. The van der Waals surface area contributed by atoms with E-state index >= 15 is 0 Å². The Hall–Kier alpha value is -1.36. The fourth-order valence-corrected chi connectivity index (χ4v) is 1.89. The van der Waals surface area contributed by atoms with Gasteiger partial charge in [-0.3, -0.25) is 9.48 Å². The van der Waals surface area contributed by atoms with Gasteiger partial charge in [-0.25, -0.2) is 0 Å². The summed E-state index contributed by atoms with van der Waals surface area (Å²) < 4.78 is 1.87. The average Bonchev–Trinajstić information content (AvgIpc) is 2.60. The highest BCUT2D eigenvalue weighted by Gasteiger charge is 2.20. The second-order valence-electron chi connectivity index (χ2n) is 4.19. The lowest BCUT2D eigenvalue weighted by Crippen LogP contribution is -2.33. The molecule has 96 valence electrons. The van der Waals surface area contributed by atoms with Gasteiger partial charge in [-0.05, 0) is 27.8 Å². The molecule has 0 aliphatic heterocycles. The van der Waals surface area contributed by atoms with Crippen LogP contribution >= 0.6 is 0 Å². The lowest BCUT2D eigenvalue weighted by Gasteiger charge is -2.17. The second-order valence-corrected chi connectivity index (χ2v) is 4.19. The van der Waals surface area contributed by atoms with E-state index in [0.29, 0.717) is 6.54 Å². The summed E-state index contributed by atoms with van der Waals surface area (Å²) in [5, 5.41) is 7.40. The Bertz CT molecular complexity index is 397. The zero-order valence-corrected chi connectivity index (χ0v) is 11.4. The van der Waals surface area contributed by atoms with Crippen molar-refractivity contribution in [3.8, 4) is 0 Å². The SMILES string of the molecule is CCn1nc(C)c(C(=O)N(C)CCNC)c1C. The molecule has 1 N–H and O–H groups in total. The maximum atomic E-state index is 12.3. The number of nitrogens with zero attached hydrogens (tertiary/aromatic N) is 3. The Balaban J connectivity index is 2.92. The molecule has 1 aromatic rings. The van der Waals surface area contributed by atoms with Crippen molar-refractivity contribution in [1.29, 1.82) is 0 Å². The second kappa shape index (κ2) is 5.82. The van der Waals surface area contributed by atoms with Crippen LogP contribution < -0.4 is 5.32 Å². The molecule has 1 amide bonds. The van der Waals surface area contributed by atoms with Crippen LogP contribution in [0.4, 0.5) is 0 Å². The van der Waals surface area contributed by atoms with Gasteiger partial charge >= 0.3 is 0 Å². The Kier molecular flexibility index (Phi) is 4.69. The molecule has 0 aliphatic rings. The first-order valence-corrected chi connectivity index (χ1v) is 5.97. The highest BCUT2D eigenvalue weighted by Crippen LogP contribution is 2.14. The van der Waals surface area contributed by atoms with E-state index in [2.05, 4.69) is 10.4 Å². The molecular formula is C12H22N4O. The first-order valence-electron chi connectivity index (χ1n) is 5.97. The number of carbonyl (C=O) groups is 1. The van der Waals surface area contributed by atoms with Crippen LogP contribution in [0.25, 0.3) is 0 Å². The molecule has 1 aromatic heterocycles. The normalized spacial score (nSPS) is 10.6. The molecule has 0 aliphatic carbocycles. The number of carbonyl (C=O) groups excluding carboxylic acids is 1. The average molecular weight is 238 g/mol. The highest BCUT2D eigenvalue weighted by atomic mass is 16.2. The number of likely N-dealkylation sites (N-methyl/N-ethyl adjacent to an activating group) is 2. The van der Waals surface area contributed by atoms with Crippen molar-refractivity contribution in [2.24, 2.45) is 0 Å². The summed E-state index contributed by atoms with van der Waals surface area (Å²) >= 11 is 0. The lowest BCUT2D eigenvalue weighted by molar-refractivity contribution is 0.0795. The van der Waals surface area contributed by atoms with Crippen LogP contribution in [-0.4, -0.2) is 47.8 Å². The van der Waals surface area contributed by atoms with E-state index in [1.165, 1.54) is 0 Å². The molecule has 0 spiro atoms. The molecule has 0 unspecified atom stereocenters. The zero-order chi connectivity index (χ0) is 13.0. The first kappa shape index (κ1) is 13.7. The van der Waals surface area contributed by atoms with Crippen LogP contribution in [0.1, 0.15) is 28.7 Å². The van der Waals surface area contributed by atoms with Crippen LogP contribution in [0.2, 0.25) is 0 Å². The summed E-state index contributed by atoms with van der Waals surface area (Å²) in [6.45, 7) is 8.15. The van der Waals surface area contributed by atoms with Gasteiger partial charge in [0.2, 0.25) is 0 Å². The molecule has 1 rings (SSSR count). The summed E-state index contributed by atoms with van der Waals surface area (Å²) in [6.07, 6.45) is 0. The predicted octanol–water partition coefficient (Wildman–Crippen LogP) is 0.811. The van der Waals surface area contributed by atoms with Gasteiger partial charge in [-0.2, -0.15) is 5.10 Å². The van der Waals surface area contributed by atoms with Gasteiger partial charge in [0.15, 0.2) is 0 Å². The minimum atomic E-state index is 0.0509. The van der Waals surface area contributed by atoms with Gasteiger partial charge < -0.3 is 10.2 Å². The number of aryl methyl sites for hydroxylation is 2. The topological polar surface area (TPSA) is 50.2 Å². The summed E-state index contributed by atoms with van der Waals surface area (Å²) in [7, 11) is 3.70. The molecule has 0 radical (unpaired) electrons. The van der Waals surface area contributed by atoms with E-state index in [4.69, 9.17) is 0 Å². The molecular weight excluding hydrogens is 216 g/mol. The maximum Gasteiger partial charge on any atom is 0.257 e. The van der Waals surface area contributed by atoms with Crippen LogP contribution in [0.5, 0.6) is 0 Å². The van der Waals surface area contributed by atoms with Gasteiger partial charge in [-0.15, -0.1) is 0 Å². The van der Waals surface area contributed by atoms with Crippen LogP contribution in [0.15, 0.2) is 0 Å². The molecule has 0 atom stereocenters. The molecule has 0 saturated carbocycles. The maximum absolute atomic E-state index is 12.3. The Morgan fingerprint density at radius 1 is 1.47 bits per heavy atom. The summed E-state index contributed by atoms with van der Waals surface area (Å²) in [5.74, 6) is 0.0509. The fourth-order valence-electron chi connectivity index (χ4n) is 1.89. The van der Waals surface area contributed by atoms with Gasteiger partial charge in [0.1, 0.15) is 0 Å². The Labute approximate surface area is 103 Å². The standard InChI is InChI=1S/C12H22N4O/c1-6-16-10(3)11(9(2)14-16)12(17)15(5)8-7-13-4/h13H,6-8H2,1-5H3. The van der Waals surface area contributed by atoms with Crippen molar-refractivity contribution >= 4 is 5.91 Å². The minimum Gasteiger partial charge on any atom is -0.340 e. The minimum absolute atomic E-state index is 0.0509. The third kappa shape index (κ3) is 2.85. The van der Waals surface area contributed by atoms with E-state index in [1.807, 2.05) is 39.5 Å². The van der Waals surface area contributed by atoms with Gasteiger partial charge in [0.05, 0.1) is 11.3 Å². The highest BCUT2D eigenvalue weighted by molar-refractivity contribution is 5.96. The van der Waals surface area contributed by atoms with Gasteiger partial charge in [0.25, 0.3) is 5.91 Å². The quantitative estimate of drug-likeness (QED) is 0.826. The number of nitrogens with one attached hydrogen (secondary N) is 1. The van der Waals surface area contributed by atoms with E-state index in [-0.39, 0.29) is 5.91 Å². The van der Waals surface area contributed by atoms with Gasteiger partial charge in [0, 0.05) is 32.4 Å². The van der Waals surface area contributed by atoms with E-state index in [0.717, 1.165) is 30.0 Å². The van der Waals surface area contributed by atoms with Gasteiger partial charge in [-0.1, -0.05) is 0 Å². The van der Waals surface area contributed by atoms with Crippen molar-refractivity contribution in [3.05, 3.63) is 17.0 Å². The van der Waals surface area contributed by atoms with E-state index in [1.54, 1.807) is 4.90 Å². The van der Waals surface area contributed by atoms with E-state index < -0.39 is 0 Å². The predicted molar refractivity (Wildman–Crippen MR) is 68.3 cm³/mol.